The molecule has 6 aromatic rings. The lowest BCUT2D eigenvalue weighted by atomic mass is 10.0. The molecule has 0 fully saturated rings. The number of benzene rings is 3. The Labute approximate surface area is 267 Å². The lowest BCUT2D eigenvalue weighted by molar-refractivity contribution is 0.465. The number of ether oxygens (including phenoxy) is 1. The van der Waals surface area contributed by atoms with Crippen LogP contribution in [0.2, 0.25) is 0 Å². The van der Waals surface area contributed by atoms with Gasteiger partial charge in [-0.2, -0.15) is 0 Å². The van der Waals surface area contributed by atoms with Gasteiger partial charge < -0.3 is 19.8 Å². The van der Waals surface area contributed by atoms with Crippen LogP contribution in [0.25, 0.3) is 68.6 Å². The van der Waals surface area contributed by atoms with E-state index in [1.54, 1.807) is 24.3 Å². The average molecular weight is 650 g/mol. The van der Waals surface area contributed by atoms with E-state index < -0.39 is 0 Å². The lowest BCUT2D eigenvalue weighted by Gasteiger charge is -2.08. The summed E-state index contributed by atoms with van der Waals surface area (Å²) in [5.41, 5.74) is 10.6. The van der Waals surface area contributed by atoms with Gasteiger partial charge in [-0.25, -0.2) is 9.97 Å². The molecule has 45 heavy (non-hydrogen) atoms. The zero-order valence-corrected chi connectivity index (χ0v) is 25.4. The summed E-state index contributed by atoms with van der Waals surface area (Å²) < 4.78 is 7.39. The maximum absolute atomic E-state index is 9.89. The van der Waals surface area contributed by atoms with Gasteiger partial charge in [-0.1, -0.05) is 60.7 Å². The van der Waals surface area contributed by atoms with Crippen molar-refractivity contribution in [2.75, 3.05) is 0 Å². The Morgan fingerprint density at radius 1 is 0.511 bits per heavy atom. The topological polar surface area (TPSA) is 86.8 Å². The van der Waals surface area contributed by atoms with E-state index in [-0.39, 0.29) is 5.75 Å². The molecular formula is C38H25BrN4O2. The molecule has 7 heteroatoms. The first-order valence-electron chi connectivity index (χ1n) is 14.5. The SMILES string of the molecule is Oc1ccc(Oc2c3nc(c(-c4ccccc4)c4ccc([nH]4)c(Br)c4nc(c(-c5ccccc5)c5ccc2[nH]5)C=C4)C=C3)cc1. The molecule has 0 unspecified atom stereocenters. The third-order valence-corrected chi connectivity index (χ3v) is 8.66. The largest absolute Gasteiger partial charge is 0.508 e. The van der Waals surface area contributed by atoms with Gasteiger partial charge in [-0.15, -0.1) is 0 Å². The minimum atomic E-state index is 0.168. The highest BCUT2D eigenvalue weighted by Gasteiger charge is 2.18. The Hall–Kier alpha value is -5.66. The average Bonchev–Trinajstić information content (AvgIpc) is 3.90. The Morgan fingerprint density at radius 3 is 1.62 bits per heavy atom. The molecule has 8 bridgehead atoms. The lowest BCUT2D eigenvalue weighted by Crippen LogP contribution is -1.90. The number of phenolic OH excluding ortho intramolecular Hbond substituents is 1. The smallest absolute Gasteiger partial charge is 0.176 e. The summed E-state index contributed by atoms with van der Waals surface area (Å²) in [6.45, 7) is 0. The summed E-state index contributed by atoms with van der Waals surface area (Å²) in [5, 5.41) is 9.89. The molecule has 0 saturated carbocycles. The number of halogens is 1. The summed E-state index contributed by atoms with van der Waals surface area (Å²) in [6.07, 6.45) is 8.07. The molecule has 0 atom stereocenters. The number of fused-ring (bicyclic) bond motifs is 8. The number of aromatic amines is 2. The van der Waals surface area contributed by atoms with Gasteiger partial charge in [0.05, 0.1) is 32.6 Å². The monoisotopic (exact) mass is 648 g/mol. The van der Waals surface area contributed by atoms with Crippen LogP contribution < -0.4 is 4.74 Å². The first-order valence-corrected chi connectivity index (χ1v) is 15.3. The van der Waals surface area contributed by atoms with E-state index in [0.29, 0.717) is 17.2 Å². The molecule has 2 aliphatic heterocycles. The highest BCUT2D eigenvalue weighted by Crippen LogP contribution is 2.38. The Balaban J connectivity index is 1.51. The second kappa shape index (κ2) is 11.1. The quantitative estimate of drug-likeness (QED) is 0.177. The molecule has 2 aliphatic rings. The number of nitrogens with zero attached hydrogens (tertiary/aromatic N) is 2. The van der Waals surface area contributed by atoms with Crippen LogP contribution in [0.1, 0.15) is 22.8 Å². The second-order valence-corrected chi connectivity index (χ2v) is 11.5. The standard InChI is InChI=1S/C38H25BrN4O2/c39-37-31-19-15-27(40-31)35(23-7-3-1-4-8-23)29-17-21-33(42-29)38(45-26-13-11-25(44)12-14-26)34-22-18-30(43-34)36(24-9-5-2-6-10-24)28-16-20-32(37)41-28/h1-22,40,43-44H. The van der Waals surface area contributed by atoms with E-state index >= 15 is 0 Å². The van der Waals surface area contributed by atoms with Crippen LogP contribution in [-0.4, -0.2) is 25.0 Å². The maximum Gasteiger partial charge on any atom is 0.176 e. The zero-order valence-electron chi connectivity index (χ0n) is 23.8. The van der Waals surface area contributed by atoms with Crippen LogP contribution in [0.4, 0.5) is 0 Å². The number of phenols is 1. The molecule has 8 rings (SSSR count). The number of aromatic hydroxyl groups is 1. The number of nitrogens with one attached hydrogen (secondary N) is 2. The third-order valence-electron chi connectivity index (χ3n) is 7.82. The fourth-order valence-corrected chi connectivity index (χ4v) is 6.15. The van der Waals surface area contributed by atoms with E-state index in [1.165, 1.54) is 0 Å². The van der Waals surface area contributed by atoms with Crippen LogP contribution in [0, 0.1) is 0 Å². The molecule has 0 saturated heterocycles. The first-order chi connectivity index (χ1) is 22.1. The fraction of sp³-hybridized carbons (Fsp3) is 0. The molecule has 3 N–H and O–H groups in total. The van der Waals surface area contributed by atoms with Gasteiger partial charge >= 0.3 is 0 Å². The molecule has 0 radical (unpaired) electrons. The summed E-state index contributed by atoms with van der Waals surface area (Å²) in [7, 11) is 0. The highest BCUT2D eigenvalue weighted by molar-refractivity contribution is 9.10. The van der Waals surface area contributed by atoms with Gasteiger partial charge in [0.15, 0.2) is 5.75 Å². The van der Waals surface area contributed by atoms with Gasteiger partial charge in [-0.3, -0.25) is 0 Å². The summed E-state index contributed by atoms with van der Waals surface area (Å²) in [5.74, 6) is 1.31. The van der Waals surface area contributed by atoms with Crippen LogP contribution in [-0.2, 0) is 0 Å². The summed E-state index contributed by atoms with van der Waals surface area (Å²) >= 11 is 3.84. The predicted molar refractivity (Wildman–Crippen MR) is 186 cm³/mol. The predicted octanol–water partition coefficient (Wildman–Crippen LogP) is 10.2. The summed E-state index contributed by atoms with van der Waals surface area (Å²) in [4.78, 5) is 17.5. The van der Waals surface area contributed by atoms with E-state index in [2.05, 4.69) is 62.3 Å². The normalized spacial score (nSPS) is 12.0. The van der Waals surface area contributed by atoms with Gasteiger partial charge in [0.2, 0.25) is 0 Å². The van der Waals surface area contributed by atoms with Crippen molar-refractivity contribution in [1.29, 1.82) is 0 Å². The molecule has 216 valence electrons. The van der Waals surface area contributed by atoms with Crippen molar-refractivity contribution in [1.82, 2.24) is 19.9 Å². The minimum Gasteiger partial charge on any atom is -0.508 e. The summed E-state index contributed by atoms with van der Waals surface area (Å²) in [6, 6.07) is 35.3. The number of hydrogen-bond donors (Lipinski definition) is 3. The van der Waals surface area contributed by atoms with Gasteiger partial charge in [0, 0.05) is 22.2 Å². The van der Waals surface area contributed by atoms with Gasteiger partial charge in [0.25, 0.3) is 0 Å². The Kier molecular flexibility index (Phi) is 6.65. The number of hydrogen-bond acceptors (Lipinski definition) is 4. The van der Waals surface area contributed by atoms with Crippen LogP contribution in [0.15, 0.2) is 114 Å². The van der Waals surface area contributed by atoms with E-state index in [1.807, 2.05) is 72.8 Å². The van der Waals surface area contributed by atoms with Crippen molar-refractivity contribution in [3.05, 3.63) is 136 Å². The van der Waals surface area contributed by atoms with E-state index in [0.717, 1.165) is 65.9 Å². The zero-order chi connectivity index (χ0) is 30.3. The Bertz CT molecular complexity index is 2270. The second-order valence-electron chi connectivity index (χ2n) is 10.7. The molecule has 6 nitrogen and oxygen atoms in total. The maximum atomic E-state index is 9.89. The third kappa shape index (κ3) is 5.03. The number of rotatable bonds is 4. The van der Waals surface area contributed by atoms with Gasteiger partial charge in [-0.05, 0) is 99.9 Å². The van der Waals surface area contributed by atoms with Crippen molar-refractivity contribution in [3.8, 4) is 39.5 Å². The van der Waals surface area contributed by atoms with Gasteiger partial charge in [0.1, 0.15) is 17.2 Å². The molecular weight excluding hydrogens is 624 g/mol. The van der Waals surface area contributed by atoms with E-state index in [4.69, 9.17) is 14.7 Å². The minimum absolute atomic E-state index is 0.168. The fourth-order valence-electron chi connectivity index (χ4n) is 5.70. The highest BCUT2D eigenvalue weighted by atomic mass is 79.9. The molecule has 0 aliphatic carbocycles. The van der Waals surface area contributed by atoms with Crippen molar-refractivity contribution in [2.45, 2.75) is 0 Å². The van der Waals surface area contributed by atoms with Crippen molar-refractivity contribution in [2.24, 2.45) is 0 Å². The van der Waals surface area contributed by atoms with E-state index in [9.17, 15) is 5.11 Å². The van der Waals surface area contributed by atoms with Crippen LogP contribution in [0.5, 0.6) is 17.2 Å². The van der Waals surface area contributed by atoms with Crippen molar-refractivity contribution >= 4 is 62.3 Å². The molecule has 0 amide bonds. The van der Waals surface area contributed by atoms with Crippen molar-refractivity contribution in [3.63, 3.8) is 0 Å². The van der Waals surface area contributed by atoms with Crippen molar-refractivity contribution < 1.29 is 9.84 Å². The molecule has 3 aromatic heterocycles. The number of aromatic nitrogens is 4. The Morgan fingerprint density at radius 2 is 1.00 bits per heavy atom. The molecule has 0 spiro atoms. The van der Waals surface area contributed by atoms with Crippen LogP contribution >= 0.6 is 15.9 Å². The van der Waals surface area contributed by atoms with Crippen LogP contribution in [0.3, 0.4) is 0 Å². The number of H-pyrrole nitrogens is 2. The molecule has 3 aromatic carbocycles. The first kappa shape index (κ1) is 26.9. The molecule has 5 heterocycles.